The van der Waals surface area contributed by atoms with E-state index in [1.54, 1.807) is 0 Å². The first kappa shape index (κ1) is 12.5. The summed E-state index contributed by atoms with van der Waals surface area (Å²) in [5.41, 5.74) is 1.40. The molecule has 0 amide bonds. The standard InChI is InChI=1S/C16H16O2/c1-3-6-15(17)16(18)14-10-13-8-5-4-7-12(13)9-11(14)2/h4-5,7-10H,3,6H2,1-2H3. The highest BCUT2D eigenvalue weighted by atomic mass is 16.2. The molecule has 0 saturated heterocycles. The van der Waals surface area contributed by atoms with Crippen LogP contribution in [0.3, 0.4) is 0 Å². The fourth-order valence-corrected chi connectivity index (χ4v) is 2.09. The largest absolute Gasteiger partial charge is 0.290 e. The van der Waals surface area contributed by atoms with E-state index in [2.05, 4.69) is 0 Å². The van der Waals surface area contributed by atoms with Crippen LogP contribution in [0.2, 0.25) is 0 Å². The zero-order valence-corrected chi connectivity index (χ0v) is 10.7. The number of fused-ring (bicyclic) bond motifs is 1. The van der Waals surface area contributed by atoms with E-state index >= 15 is 0 Å². The molecule has 0 saturated carbocycles. The van der Waals surface area contributed by atoms with Gasteiger partial charge in [0.1, 0.15) is 0 Å². The number of carbonyl (C=O) groups is 2. The zero-order chi connectivity index (χ0) is 13.1. The van der Waals surface area contributed by atoms with E-state index in [0.29, 0.717) is 18.4 Å². The van der Waals surface area contributed by atoms with E-state index in [1.165, 1.54) is 0 Å². The van der Waals surface area contributed by atoms with Gasteiger partial charge < -0.3 is 0 Å². The fourth-order valence-electron chi connectivity index (χ4n) is 2.09. The molecule has 2 rings (SSSR count). The Morgan fingerprint density at radius 3 is 2.28 bits per heavy atom. The average molecular weight is 240 g/mol. The maximum absolute atomic E-state index is 12.0. The molecule has 0 N–H and O–H groups in total. The van der Waals surface area contributed by atoms with Crippen molar-refractivity contribution in [3.63, 3.8) is 0 Å². The summed E-state index contributed by atoms with van der Waals surface area (Å²) in [7, 11) is 0. The zero-order valence-electron chi connectivity index (χ0n) is 10.7. The smallest absolute Gasteiger partial charge is 0.228 e. The van der Waals surface area contributed by atoms with Gasteiger partial charge in [-0.05, 0) is 35.7 Å². The molecule has 0 aliphatic heterocycles. The van der Waals surface area contributed by atoms with E-state index < -0.39 is 0 Å². The first-order valence-corrected chi connectivity index (χ1v) is 6.20. The molecule has 92 valence electrons. The number of hydrogen-bond acceptors (Lipinski definition) is 2. The second-order valence-corrected chi connectivity index (χ2v) is 4.52. The van der Waals surface area contributed by atoms with Crippen molar-refractivity contribution in [1.29, 1.82) is 0 Å². The predicted molar refractivity (Wildman–Crippen MR) is 72.9 cm³/mol. The predicted octanol–water partition coefficient (Wildman–Crippen LogP) is 3.70. The molecule has 0 aliphatic rings. The minimum absolute atomic E-state index is 0.295. The third-order valence-electron chi connectivity index (χ3n) is 3.07. The molecule has 18 heavy (non-hydrogen) atoms. The van der Waals surface area contributed by atoms with Crippen LogP contribution in [-0.4, -0.2) is 11.6 Å². The Morgan fingerprint density at radius 1 is 1.06 bits per heavy atom. The molecule has 2 aromatic carbocycles. The molecule has 0 heterocycles. The first-order valence-electron chi connectivity index (χ1n) is 6.20. The van der Waals surface area contributed by atoms with Crippen LogP contribution in [0, 0.1) is 6.92 Å². The first-order chi connectivity index (χ1) is 8.63. The lowest BCUT2D eigenvalue weighted by Gasteiger charge is -2.06. The Morgan fingerprint density at radius 2 is 1.67 bits per heavy atom. The Hall–Kier alpha value is -1.96. The number of Topliss-reactive ketones (excluding diaryl/α,β-unsaturated/α-hetero) is 2. The van der Waals surface area contributed by atoms with Crippen molar-refractivity contribution in [1.82, 2.24) is 0 Å². The Balaban J connectivity index is 2.47. The number of benzene rings is 2. The number of aryl methyl sites for hydroxylation is 1. The Bertz CT molecular complexity index is 612. The Kier molecular flexibility index (Phi) is 3.56. The highest BCUT2D eigenvalue weighted by molar-refractivity contribution is 6.44. The second kappa shape index (κ2) is 5.13. The Labute approximate surface area is 107 Å². The molecule has 0 aliphatic carbocycles. The maximum atomic E-state index is 12.0. The lowest BCUT2D eigenvalue weighted by Crippen LogP contribution is -2.14. The third kappa shape index (κ3) is 2.33. The van der Waals surface area contributed by atoms with Gasteiger partial charge in [0.2, 0.25) is 11.6 Å². The lowest BCUT2D eigenvalue weighted by atomic mass is 9.96. The molecular weight excluding hydrogens is 224 g/mol. The van der Waals surface area contributed by atoms with Crippen molar-refractivity contribution >= 4 is 22.3 Å². The van der Waals surface area contributed by atoms with E-state index in [4.69, 9.17) is 0 Å². The maximum Gasteiger partial charge on any atom is 0.228 e. The topological polar surface area (TPSA) is 34.1 Å². The van der Waals surface area contributed by atoms with Crippen LogP contribution in [0.1, 0.15) is 35.7 Å². The molecular formula is C16H16O2. The average Bonchev–Trinajstić information content (AvgIpc) is 2.37. The van der Waals surface area contributed by atoms with Crippen molar-refractivity contribution in [2.24, 2.45) is 0 Å². The van der Waals surface area contributed by atoms with Gasteiger partial charge in [-0.1, -0.05) is 37.3 Å². The SMILES string of the molecule is CCCC(=O)C(=O)c1cc2ccccc2cc1C. The second-order valence-electron chi connectivity index (χ2n) is 4.52. The number of rotatable bonds is 4. The van der Waals surface area contributed by atoms with Gasteiger partial charge in [-0.3, -0.25) is 9.59 Å². The van der Waals surface area contributed by atoms with E-state index in [-0.39, 0.29) is 11.6 Å². The van der Waals surface area contributed by atoms with Crippen LogP contribution >= 0.6 is 0 Å². The summed E-state index contributed by atoms with van der Waals surface area (Å²) in [5, 5.41) is 2.09. The molecule has 0 atom stereocenters. The van der Waals surface area contributed by atoms with Crippen LogP contribution < -0.4 is 0 Å². The van der Waals surface area contributed by atoms with Crippen LogP contribution in [-0.2, 0) is 4.79 Å². The van der Waals surface area contributed by atoms with Crippen molar-refractivity contribution < 1.29 is 9.59 Å². The van der Waals surface area contributed by atoms with E-state index in [1.807, 2.05) is 50.2 Å². The summed E-state index contributed by atoms with van der Waals surface area (Å²) in [6.07, 6.45) is 1.03. The van der Waals surface area contributed by atoms with Gasteiger partial charge in [0.05, 0.1) is 0 Å². The van der Waals surface area contributed by atoms with Crippen molar-refractivity contribution in [2.45, 2.75) is 26.7 Å². The van der Waals surface area contributed by atoms with Crippen molar-refractivity contribution in [3.05, 3.63) is 47.5 Å². The van der Waals surface area contributed by atoms with Gasteiger partial charge >= 0.3 is 0 Å². The van der Waals surface area contributed by atoms with Crippen LogP contribution in [0.4, 0.5) is 0 Å². The van der Waals surface area contributed by atoms with Gasteiger partial charge in [-0.15, -0.1) is 0 Å². The van der Waals surface area contributed by atoms with Crippen LogP contribution in [0.15, 0.2) is 36.4 Å². The minimum Gasteiger partial charge on any atom is -0.290 e. The number of hydrogen-bond donors (Lipinski definition) is 0. The lowest BCUT2D eigenvalue weighted by molar-refractivity contribution is -0.115. The summed E-state index contributed by atoms with van der Waals surface area (Å²) in [6, 6.07) is 11.6. The third-order valence-corrected chi connectivity index (χ3v) is 3.07. The minimum atomic E-state index is -0.361. The molecule has 2 aromatic rings. The molecule has 0 radical (unpaired) electrons. The fraction of sp³-hybridized carbons (Fsp3) is 0.250. The van der Waals surface area contributed by atoms with Crippen molar-refractivity contribution in [3.8, 4) is 0 Å². The molecule has 0 aromatic heterocycles. The summed E-state index contributed by atoms with van der Waals surface area (Å²) >= 11 is 0. The molecule has 0 bridgehead atoms. The summed E-state index contributed by atoms with van der Waals surface area (Å²) < 4.78 is 0. The molecule has 0 fully saturated rings. The summed E-state index contributed by atoms with van der Waals surface area (Å²) in [4.78, 5) is 23.7. The van der Waals surface area contributed by atoms with Crippen molar-refractivity contribution in [2.75, 3.05) is 0 Å². The van der Waals surface area contributed by atoms with E-state index in [0.717, 1.165) is 16.3 Å². The van der Waals surface area contributed by atoms with Gasteiger partial charge in [-0.2, -0.15) is 0 Å². The van der Waals surface area contributed by atoms with Crippen LogP contribution in [0.5, 0.6) is 0 Å². The summed E-state index contributed by atoms with van der Waals surface area (Å²) in [5.74, 6) is -0.656. The van der Waals surface area contributed by atoms with Gasteiger partial charge in [0.25, 0.3) is 0 Å². The van der Waals surface area contributed by atoms with Crippen LogP contribution in [0.25, 0.3) is 10.8 Å². The highest BCUT2D eigenvalue weighted by Crippen LogP contribution is 2.20. The van der Waals surface area contributed by atoms with Gasteiger partial charge in [-0.25, -0.2) is 0 Å². The number of ketones is 2. The highest BCUT2D eigenvalue weighted by Gasteiger charge is 2.17. The quantitative estimate of drug-likeness (QED) is 0.603. The van der Waals surface area contributed by atoms with Gasteiger partial charge in [0.15, 0.2) is 0 Å². The monoisotopic (exact) mass is 240 g/mol. The normalized spacial score (nSPS) is 10.6. The van der Waals surface area contributed by atoms with Gasteiger partial charge in [0, 0.05) is 12.0 Å². The molecule has 2 heteroatoms. The molecule has 2 nitrogen and oxygen atoms in total. The summed E-state index contributed by atoms with van der Waals surface area (Å²) in [6.45, 7) is 3.78. The molecule has 0 unspecified atom stereocenters. The number of carbonyl (C=O) groups excluding carboxylic acids is 2. The molecule has 0 spiro atoms. The van der Waals surface area contributed by atoms with E-state index in [9.17, 15) is 9.59 Å².